The van der Waals surface area contributed by atoms with E-state index in [9.17, 15) is 4.39 Å². The molecule has 0 saturated heterocycles. The van der Waals surface area contributed by atoms with Gasteiger partial charge in [-0.1, -0.05) is 0 Å². The van der Waals surface area contributed by atoms with Crippen LogP contribution < -0.4 is 4.74 Å². The Kier molecular flexibility index (Phi) is 3.33. The summed E-state index contributed by atoms with van der Waals surface area (Å²) in [5.74, 6) is 0.614. The number of hydrogen-bond acceptors (Lipinski definition) is 5. The van der Waals surface area contributed by atoms with Gasteiger partial charge in [0.25, 0.3) is 0 Å². The maximum absolute atomic E-state index is 15.4. The van der Waals surface area contributed by atoms with Gasteiger partial charge in [-0.3, -0.25) is 10.1 Å². The van der Waals surface area contributed by atoms with Crippen molar-refractivity contribution in [3.63, 3.8) is 0 Å². The second-order valence-electron chi connectivity index (χ2n) is 7.66. The molecular formula is C20H16F2N6O. The van der Waals surface area contributed by atoms with Crippen LogP contribution in [0.15, 0.2) is 24.5 Å². The highest BCUT2D eigenvalue weighted by atomic mass is 19.1. The van der Waals surface area contributed by atoms with E-state index in [0.29, 0.717) is 64.4 Å². The molecule has 0 unspecified atom stereocenters. The van der Waals surface area contributed by atoms with Crippen LogP contribution in [0.4, 0.5) is 8.78 Å². The van der Waals surface area contributed by atoms with Crippen molar-refractivity contribution in [3.05, 3.63) is 41.9 Å². The molecule has 1 aliphatic heterocycles. The quantitative estimate of drug-likeness (QED) is 0.563. The zero-order valence-corrected chi connectivity index (χ0v) is 15.5. The normalized spacial score (nSPS) is 20.1. The summed E-state index contributed by atoms with van der Waals surface area (Å²) in [6, 6.07) is 2.86. The third-order valence-corrected chi connectivity index (χ3v) is 5.74. The Morgan fingerprint density at radius 1 is 1.17 bits per heavy atom. The molecule has 0 spiro atoms. The highest BCUT2D eigenvalue weighted by Gasteiger charge is 2.42. The molecule has 5 heterocycles. The maximum Gasteiger partial charge on any atom is 0.220 e. The molecule has 1 saturated carbocycles. The van der Waals surface area contributed by atoms with E-state index in [1.165, 1.54) is 6.07 Å². The number of nitrogens with one attached hydrogen (secondary N) is 1. The molecule has 2 aliphatic rings. The number of pyridine rings is 2. The van der Waals surface area contributed by atoms with E-state index in [2.05, 4.69) is 20.2 Å². The van der Waals surface area contributed by atoms with Crippen molar-refractivity contribution in [1.82, 2.24) is 29.9 Å². The smallest absolute Gasteiger partial charge is 0.220 e. The Hall–Kier alpha value is -3.36. The molecular weight excluding hydrogens is 378 g/mol. The van der Waals surface area contributed by atoms with Gasteiger partial charge < -0.3 is 4.74 Å². The summed E-state index contributed by atoms with van der Waals surface area (Å²) in [6.45, 7) is 2.88. The molecule has 1 N–H and O–H groups in total. The minimum atomic E-state index is -0.462. The number of nitrogens with zero attached hydrogens (tertiary/aromatic N) is 5. The van der Waals surface area contributed by atoms with Crippen molar-refractivity contribution in [1.29, 1.82) is 0 Å². The zero-order chi connectivity index (χ0) is 19.7. The van der Waals surface area contributed by atoms with Crippen LogP contribution in [0.5, 0.6) is 5.88 Å². The van der Waals surface area contributed by atoms with E-state index < -0.39 is 11.6 Å². The van der Waals surface area contributed by atoms with Crippen LogP contribution in [-0.2, 0) is 6.54 Å². The van der Waals surface area contributed by atoms with E-state index in [1.54, 1.807) is 23.9 Å². The zero-order valence-electron chi connectivity index (χ0n) is 15.5. The van der Waals surface area contributed by atoms with E-state index in [-0.39, 0.29) is 5.69 Å². The predicted octanol–water partition coefficient (Wildman–Crippen LogP) is 3.50. The Morgan fingerprint density at radius 3 is 2.90 bits per heavy atom. The van der Waals surface area contributed by atoms with Crippen molar-refractivity contribution in [2.24, 2.45) is 11.8 Å². The van der Waals surface area contributed by atoms with Gasteiger partial charge in [-0.25, -0.2) is 18.4 Å². The van der Waals surface area contributed by atoms with Crippen LogP contribution in [-0.4, -0.2) is 36.6 Å². The van der Waals surface area contributed by atoms with Crippen LogP contribution >= 0.6 is 0 Å². The molecule has 9 heteroatoms. The SMILES string of the molecule is Cc1nc2[nH]ncc2c(-c2c(-c3ccc(F)cn3)nn3c2OC[C@H]2C[C@H]2C3)c1F. The number of fused-ring (bicyclic) bond motifs is 3. The lowest BCUT2D eigenvalue weighted by molar-refractivity contribution is 0.286. The lowest BCUT2D eigenvalue weighted by Crippen LogP contribution is -2.04. The molecule has 6 rings (SSSR count). The number of ether oxygens (including phenoxy) is 1. The Morgan fingerprint density at radius 2 is 2.07 bits per heavy atom. The van der Waals surface area contributed by atoms with Gasteiger partial charge in [0, 0.05) is 17.5 Å². The monoisotopic (exact) mass is 394 g/mol. The molecule has 0 amide bonds. The van der Waals surface area contributed by atoms with Crippen LogP contribution in [0.2, 0.25) is 0 Å². The molecule has 7 nitrogen and oxygen atoms in total. The molecule has 0 radical (unpaired) electrons. The Bertz CT molecular complexity index is 1260. The van der Waals surface area contributed by atoms with Crippen molar-refractivity contribution in [2.45, 2.75) is 19.9 Å². The van der Waals surface area contributed by atoms with Gasteiger partial charge in [0.1, 0.15) is 11.5 Å². The van der Waals surface area contributed by atoms with Crippen LogP contribution in [0, 0.1) is 30.4 Å². The predicted molar refractivity (Wildman–Crippen MR) is 100 cm³/mol. The van der Waals surface area contributed by atoms with Crippen LogP contribution in [0.25, 0.3) is 33.5 Å². The van der Waals surface area contributed by atoms with Crippen molar-refractivity contribution in [2.75, 3.05) is 6.61 Å². The first-order valence-electron chi connectivity index (χ1n) is 9.45. The first-order valence-corrected chi connectivity index (χ1v) is 9.45. The fourth-order valence-electron chi connectivity index (χ4n) is 4.09. The second kappa shape index (κ2) is 5.82. The molecule has 4 aromatic rings. The third kappa shape index (κ3) is 2.46. The molecule has 4 aromatic heterocycles. The fraction of sp³-hybridized carbons (Fsp3) is 0.300. The third-order valence-electron chi connectivity index (χ3n) is 5.74. The lowest BCUT2D eigenvalue weighted by atomic mass is 10.0. The molecule has 2 atom stereocenters. The van der Waals surface area contributed by atoms with Crippen LogP contribution in [0.1, 0.15) is 12.1 Å². The summed E-state index contributed by atoms with van der Waals surface area (Å²) in [6.07, 6.45) is 3.77. The number of aryl methyl sites for hydroxylation is 1. The Labute approximate surface area is 163 Å². The van der Waals surface area contributed by atoms with Crippen molar-refractivity contribution < 1.29 is 13.5 Å². The number of halogens is 2. The van der Waals surface area contributed by atoms with Gasteiger partial charge in [-0.05, 0) is 37.3 Å². The topological polar surface area (TPSA) is 81.5 Å². The summed E-state index contributed by atoms with van der Waals surface area (Å²) in [7, 11) is 0. The summed E-state index contributed by atoms with van der Waals surface area (Å²) < 4.78 is 36.8. The molecule has 1 aliphatic carbocycles. The molecule has 1 fully saturated rings. The number of aromatic nitrogens is 6. The van der Waals surface area contributed by atoms with Crippen LogP contribution in [0.3, 0.4) is 0 Å². The Balaban J connectivity index is 1.67. The number of rotatable bonds is 2. The average molecular weight is 394 g/mol. The summed E-state index contributed by atoms with van der Waals surface area (Å²) >= 11 is 0. The highest BCUT2D eigenvalue weighted by Crippen LogP contribution is 2.48. The van der Waals surface area contributed by atoms with Gasteiger partial charge in [0.15, 0.2) is 11.5 Å². The van der Waals surface area contributed by atoms with Crippen molar-refractivity contribution in [3.8, 4) is 28.4 Å². The number of H-pyrrole nitrogens is 1. The standard InChI is InChI=1S/C20H16F2N6O/c1-9-17(22)15(13-6-24-26-19(13)25-9)16-18(14-3-2-12(21)5-23-14)27-28-7-10-4-11(10)8-29-20(16)28/h2-3,5-6,10-11H,4,7-8H2,1H3,(H,24,25,26)/t10-,11+/m0/s1. The van der Waals surface area contributed by atoms with Gasteiger partial charge >= 0.3 is 0 Å². The highest BCUT2D eigenvalue weighted by molar-refractivity contribution is 5.98. The minimum absolute atomic E-state index is 0.242. The van der Waals surface area contributed by atoms with E-state index in [1.807, 2.05) is 0 Å². The number of aromatic amines is 1. The van der Waals surface area contributed by atoms with Gasteiger partial charge in [0.2, 0.25) is 5.88 Å². The first-order chi connectivity index (χ1) is 14.1. The van der Waals surface area contributed by atoms with E-state index in [0.717, 1.165) is 12.6 Å². The molecule has 146 valence electrons. The van der Waals surface area contributed by atoms with Gasteiger partial charge in [-0.2, -0.15) is 10.2 Å². The fourth-order valence-corrected chi connectivity index (χ4v) is 4.09. The van der Waals surface area contributed by atoms with E-state index in [4.69, 9.17) is 9.84 Å². The largest absolute Gasteiger partial charge is 0.477 e. The maximum atomic E-state index is 15.4. The molecule has 29 heavy (non-hydrogen) atoms. The molecule has 0 bridgehead atoms. The van der Waals surface area contributed by atoms with Crippen molar-refractivity contribution >= 4 is 11.0 Å². The average Bonchev–Trinajstić information content (AvgIpc) is 3.18. The van der Waals surface area contributed by atoms with Gasteiger partial charge in [0.05, 0.1) is 36.0 Å². The minimum Gasteiger partial charge on any atom is -0.477 e. The molecule has 0 aromatic carbocycles. The summed E-state index contributed by atoms with van der Waals surface area (Å²) in [5, 5.41) is 12.1. The first kappa shape index (κ1) is 16.6. The summed E-state index contributed by atoms with van der Waals surface area (Å²) in [4.78, 5) is 8.43. The van der Waals surface area contributed by atoms with E-state index >= 15 is 4.39 Å². The summed E-state index contributed by atoms with van der Waals surface area (Å²) in [5.41, 5.74) is 2.44. The lowest BCUT2D eigenvalue weighted by Gasteiger charge is -2.11. The number of hydrogen-bond donors (Lipinski definition) is 1. The van der Waals surface area contributed by atoms with Gasteiger partial charge in [-0.15, -0.1) is 0 Å². The second-order valence-corrected chi connectivity index (χ2v) is 7.66.